The van der Waals surface area contributed by atoms with Gasteiger partial charge in [0.2, 0.25) is 0 Å². The minimum absolute atomic E-state index is 0.0158. The number of fused-ring (bicyclic) bond motifs is 13. The largest absolute Gasteiger partial charge is 0.458 e. The number of rotatable bonds is 7. The van der Waals surface area contributed by atoms with Crippen molar-refractivity contribution in [3.05, 3.63) is 273 Å². The van der Waals surface area contributed by atoms with E-state index in [0.717, 1.165) is 60.7 Å². The molecule has 388 valence electrons. The van der Waals surface area contributed by atoms with E-state index >= 15 is 0 Å². The molecule has 6 nitrogen and oxygen atoms in total. The van der Waals surface area contributed by atoms with Crippen molar-refractivity contribution in [3.63, 3.8) is 0 Å². The highest BCUT2D eigenvalue weighted by Crippen LogP contribution is 2.50. The van der Waals surface area contributed by atoms with Gasteiger partial charge in [0.25, 0.3) is 6.33 Å². The van der Waals surface area contributed by atoms with Crippen molar-refractivity contribution >= 4 is 54.8 Å². The molecule has 0 spiro atoms. The van der Waals surface area contributed by atoms with Crippen LogP contribution in [0.1, 0.15) is 40.0 Å². The monoisotopic (exact) mass is 1060 g/mol. The number of hydrogen-bond acceptors (Lipinski definition) is 3. The Kier molecular flexibility index (Phi) is 8.61. The van der Waals surface area contributed by atoms with Gasteiger partial charge in [-0.05, 0) is 151 Å². The molecule has 1 aliphatic heterocycles. The van der Waals surface area contributed by atoms with Gasteiger partial charge in [0.05, 0.1) is 47.1 Å². The Hall–Kier alpha value is -10.6. The Bertz CT molecular complexity index is 5640. The van der Waals surface area contributed by atoms with E-state index in [9.17, 15) is 5.48 Å². The van der Waals surface area contributed by atoms with Gasteiger partial charge in [-0.1, -0.05) is 196 Å². The molecule has 0 unspecified atom stereocenters. The van der Waals surface area contributed by atoms with Crippen molar-refractivity contribution in [3.8, 4) is 95.5 Å². The number of hydrogen-bond donors (Lipinski definition) is 0. The summed E-state index contributed by atoms with van der Waals surface area (Å²) in [6.45, 7) is 6.57. The Morgan fingerprint density at radius 1 is 0.476 bits per heavy atom. The van der Waals surface area contributed by atoms with E-state index in [0.29, 0.717) is 84.0 Å². The van der Waals surface area contributed by atoms with Crippen LogP contribution in [0.4, 0.5) is 0 Å². The van der Waals surface area contributed by atoms with E-state index in [4.69, 9.17) is 22.4 Å². The molecule has 0 bridgehead atoms. The average Bonchev–Trinajstić information content (AvgIpc) is 1.50. The maximum Gasteiger partial charge on any atom is 0.269 e. The maximum absolute atomic E-state index is 9.44. The van der Waals surface area contributed by atoms with Gasteiger partial charge in [0, 0.05) is 33.8 Å². The van der Waals surface area contributed by atoms with Crippen molar-refractivity contribution in [2.24, 2.45) is 0 Å². The number of benzene rings is 11. The lowest BCUT2D eigenvalue weighted by atomic mass is 9.83. The Morgan fingerprint density at radius 2 is 1.16 bits per heavy atom. The van der Waals surface area contributed by atoms with Crippen LogP contribution < -0.4 is 9.30 Å². The second-order valence-electron chi connectivity index (χ2n) is 21.7. The van der Waals surface area contributed by atoms with Gasteiger partial charge >= 0.3 is 0 Å². The van der Waals surface area contributed by atoms with Crippen LogP contribution >= 0.6 is 0 Å². The standard InChI is InChI=1S/C76H52N4O2/c1-76(2,3)52-39-40-77-72(44-52)80-67-33-14-12-26-59(67)60-37-36-55(46-68(60)80)81-54-24-16-23-53(45-54)78-47-79-74-57(50-35-38-71-65(41-50)61-27-13-15-34-70(61)82-71)30-18-32-64(74)63-31-17-29-56(49-21-8-5-9-22-49)73(63)62-28-11-10-25-58(62)66-42-51(43-69(78)75(66)79)48-19-6-4-7-20-48/h4-46H,1-3H3/i4D,5D,6D,7D,8D,9D,19D,20D,21D,22D. The number of nitrogens with zero attached hydrogens (tertiary/aromatic N) is 4. The van der Waals surface area contributed by atoms with Crippen LogP contribution in [0.3, 0.4) is 0 Å². The summed E-state index contributed by atoms with van der Waals surface area (Å²) in [5.41, 5.74) is 13.0. The predicted octanol–water partition coefficient (Wildman–Crippen LogP) is 19.5. The fourth-order valence-electron chi connectivity index (χ4n) is 12.1. The fraction of sp³-hybridized carbons (Fsp3) is 0.0526. The first-order chi connectivity index (χ1) is 44.4. The summed E-state index contributed by atoms with van der Waals surface area (Å²) in [7, 11) is 0. The van der Waals surface area contributed by atoms with Gasteiger partial charge in [0.1, 0.15) is 28.5 Å². The highest BCUT2D eigenvalue weighted by Gasteiger charge is 2.29. The van der Waals surface area contributed by atoms with Crippen LogP contribution in [0.5, 0.6) is 11.5 Å². The normalized spacial score (nSPS) is 13.8. The lowest BCUT2D eigenvalue weighted by Gasteiger charge is -2.21. The molecular formula is C76H52N4O2. The topological polar surface area (TPSA) is 49.0 Å². The predicted molar refractivity (Wildman–Crippen MR) is 334 cm³/mol. The average molecular weight is 1060 g/mol. The summed E-state index contributed by atoms with van der Waals surface area (Å²) in [6, 6.07) is 58.9. The van der Waals surface area contributed by atoms with Crippen molar-refractivity contribution in [1.82, 2.24) is 14.1 Å². The molecule has 0 aliphatic carbocycles. The Balaban J connectivity index is 0.988. The Labute approximate surface area is 488 Å². The summed E-state index contributed by atoms with van der Waals surface area (Å²) in [5.74, 6) is 1.87. The molecule has 0 atom stereocenters. The highest BCUT2D eigenvalue weighted by molar-refractivity contribution is 6.11. The van der Waals surface area contributed by atoms with Crippen molar-refractivity contribution in [2.45, 2.75) is 26.2 Å². The fourth-order valence-corrected chi connectivity index (χ4v) is 12.1. The molecule has 11 aromatic carbocycles. The SMILES string of the molecule is [2H]c1c([2H])c([2H])c(-c2cc3c4c(c2)n(-c2cccc(Oc5ccc6c7ccccc7n(-c7cc(C(C)(C)C)ccn7)c6c5)c2)[c-][n+]4-c2c(-c4ccc5oc6ccccc6c5c4)cccc2-c2cccc(-c4c([2H])c([2H])c([2H])c([2H])c4[2H])c2-c2ccccc2-3)c([2H])c1[2H]. The van der Waals surface area contributed by atoms with Gasteiger partial charge in [-0.15, -0.1) is 0 Å². The molecule has 16 rings (SSSR count). The van der Waals surface area contributed by atoms with E-state index in [1.165, 1.54) is 0 Å². The number of imidazole rings is 1. The quantitative estimate of drug-likeness (QED) is 0.118. The molecule has 0 N–H and O–H groups in total. The maximum atomic E-state index is 9.44. The van der Waals surface area contributed by atoms with Gasteiger partial charge in [-0.2, -0.15) is 0 Å². The molecule has 0 amide bonds. The van der Waals surface area contributed by atoms with Crippen LogP contribution in [0.25, 0.3) is 139 Å². The van der Waals surface area contributed by atoms with E-state index in [-0.39, 0.29) is 40.7 Å². The molecule has 1 aliphatic rings. The Morgan fingerprint density at radius 3 is 2.00 bits per heavy atom. The van der Waals surface area contributed by atoms with Gasteiger partial charge in [-0.3, -0.25) is 13.7 Å². The zero-order chi connectivity index (χ0) is 63.3. The van der Waals surface area contributed by atoms with Crippen LogP contribution in [0, 0.1) is 6.33 Å². The number of aromatic nitrogens is 4. The third-order valence-corrected chi connectivity index (χ3v) is 15.9. The first-order valence-electron chi connectivity index (χ1n) is 32.2. The lowest BCUT2D eigenvalue weighted by Crippen LogP contribution is -2.32. The third-order valence-electron chi connectivity index (χ3n) is 15.9. The second-order valence-corrected chi connectivity index (χ2v) is 21.7. The molecular weight excluding hydrogens is 1000 g/mol. The van der Waals surface area contributed by atoms with E-state index in [1.807, 2.05) is 161 Å². The summed E-state index contributed by atoms with van der Waals surface area (Å²) < 4.78 is 110. The van der Waals surface area contributed by atoms with Gasteiger partial charge < -0.3 is 9.15 Å². The van der Waals surface area contributed by atoms with E-state index in [2.05, 4.69) is 74.1 Å². The molecule has 0 saturated carbocycles. The zero-order valence-electron chi connectivity index (χ0n) is 54.7. The van der Waals surface area contributed by atoms with Crippen LogP contribution in [0.2, 0.25) is 0 Å². The van der Waals surface area contributed by atoms with E-state index in [1.54, 1.807) is 6.07 Å². The molecule has 5 heterocycles. The summed E-state index contributed by atoms with van der Waals surface area (Å²) in [4.78, 5) is 4.91. The van der Waals surface area contributed by atoms with Crippen LogP contribution in [-0.2, 0) is 5.41 Å². The third kappa shape index (κ3) is 7.63. The van der Waals surface area contributed by atoms with Gasteiger partial charge in [-0.25, -0.2) is 4.98 Å². The molecule has 15 aromatic rings. The van der Waals surface area contributed by atoms with Crippen molar-refractivity contribution < 1.29 is 27.4 Å². The molecule has 0 radical (unpaired) electrons. The number of pyridine rings is 1. The summed E-state index contributed by atoms with van der Waals surface area (Å²) in [5, 5.41) is 3.95. The molecule has 82 heavy (non-hydrogen) atoms. The van der Waals surface area contributed by atoms with Crippen LogP contribution in [0.15, 0.2) is 265 Å². The molecule has 4 aromatic heterocycles. The van der Waals surface area contributed by atoms with Gasteiger partial charge in [0.15, 0.2) is 0 Å². The first kappa shape index (κ1) is 38.1. The summed E-state index contributed by atoms with van der Waals surface area (Å²) in [6.07, 6.45) is 5.71. The molecule has 6 heteroatoms. The first-order valence-corrected chi connectivity index (χ1v) is 27.2. The smallest absolute Gasteiger partial charge is 0.269 e. The van der Waals surface area contributed by atoms with E-state index < -0.39 is 36.3 Å². The minimum Gasteiger partial charge on any atom is -0.458 e. The molecule has 0 fully saturated rings. The van der Waals surface area contributed by atoms with Crippen molar-refractivity contribution in [2.75, 3.05) is 0 Å². The number of ether oxygens (including phenoxy) is 1. The number of para-hydroxylation sites is 3. The summed E-state index contributed by atoms with van der Waals surface area (Å²) >= 11 is 0. The second kappa shape index (κ2) is 18.5. The minimum atomic E-state index is -0.526. The lowest BCUT2D eigenvalue weighted by molar-refractivity contribution is -0.570. The highest BCUT2D eigenvalue weighted by atomic mass is 16.5. The van der Waals surface area contributed by atoms with Crippen LogP contribution in [-0.4, -0.2) is 14.1 Å². The number of furan rings is 1. The van der Waals surface area contributed by atoms with Crippen molar-refractivity contribution in [1.29, 1.82) is 0 Å². The molecule has 0 saturated heterocycles. The zero-order valence-corrected chi connectivity index (χ0v) is 44.7.